The van der Waals surface area contributed by atoms with Crippen LogP contribution in [0.4, 0.5) is 0 Å². The van der Waals surface area contributed by atoms with Crippen molar-refractivity contribution in [2.75, 3.05) is 6.54 Å². The molecule has 130 valence electrons. The number of rotatable bonds is 1. The van der Waals surface area contributed by atoms with Crippen molar-refractivity contribution in [1.29, 1.82) is 0 Å². The zero-order chi connectivity index (χ0) is 17.1. The van der Waals surface area contributed by atoms with Gasteiger partial charge in [-0.1, -0.05) is 45.0 Å². The predicted molar refractivity (Wildman–Crippen MR) is 96.7 cm³/mol. The molecule has 1 amide bonds. The van der Waals surface area contributed by atoms with E-state index in [-0.39, 0.29) is 22.8 Å². The molecule has 3 heteroatoms. The molecular formula is C21H30N2O. The third-order valence-corrected chi connectivity index (χ3v) is 7.61. The first-order chi connectivity index (χ1) is 11.3. The molecule has 2 N–H and O–H groups in total. The van der Waals surface area contributed by atoms with E-state index >= 15 is 0 Å². The van der Waals surface area contributed by atoms with E-state index in [4.69, 9.17) is 5.73 Å². The predicted octanol–water partition coefficient (Wildman–Crippen LogP) is 3.25. The molecule has 2 bridgehead atoms. The van der Waals surface area contributed by atoms with Crippen LogP contribution in [-0.2, 0) is 16.6 Å². The van der Waals surface area contributed by atoms with Gasteiger partial charge in [0.05, 0.1) is 0 Å². The summed E-state index contributed by atoms with van der Waals surface area (Å²) in [4.78, 5) is 15.4. The van der Waals surface area contributed by atoms with Crippen molar-refractivity contribution in [2.45, 2.75) is 70.4 Å². The quantitative estimate of drug-likeness (QED) is 0.861. The standard InChI is InChI=1S/C21H30N2O/c1-20(2)18-13-14-6-4-5-7-17(14)21(20,3)10-11-23(18)19(24)15-8-9-16(22)12-15/h4-7,15-16,18H,8-13,22H2,1-3H3/t15-,16?,18-,21+/m1/s1. The lowest BCUT2D eigenvalue weighted by Crippen LogP contribution is -2.65. The van der Waals surface area contributed by atoms with Crippen LogP contribution in [0.15, 0.2) is 24.3 Å². The number of hydrogen-bond acceptors (Lipinski definition) is 2. The van der Waals surface area contributed by atoms with Gasteiger partial charge in [-0.05, 0) is 48.6 Å². The average Bonchev–Trinajstić information content (AvgIpc) is 2.97. The SMILES string of the molecule is CC1(C)[C@H]2Cc3ccccc3[C@]1(C)CCN2C(=O)[C@@H]1CCC(N)C1. The summed E-state index contributed by atoms with van der Waals surface area (Å²) < 4.78 is 0. The van der Waals surface area contributed by atoms with Crippen LogP contribution in [0.1, 0.15) is 57.6 Å². The van der Waals surface area contributed by atoms with Crippen LogP contribution in [0, 0.1) is 11.3 Å². The number of benzene rings is 1. The fourth-order valence-corrected chi connectivity index (χ4v) is 5.61. The average molecular weight is 326 g/mol. The summed E-state index contributed by atoms with van der Waals surface area (Å²) in [5.41, 5.74) is 9.24. The fraction of sp³-hybridized carbons (Fsp3) is 0.667. The Bertz CT molecular complexity index is 668. The Morgan fingerprint density at radius 1 is 1.21 bits per heavy atom. The van der Waals surface area contributed by atoms with Crippen LogP contribution in [0.25, 0.3) is 0 Å². The number of hydrogen-bond donors (Lipinski definition) is 1. The van der Waals surface area contributed by atoms with Crippen molar-refractivity contribution in [3.05, 3.63) is 35.4 Å². The number of piperidine rings is 1. The minimum Gasteiger partial charge on any atom is -0.339 e. The van der Waals surface area contributed by atoms with E-state index in [0.717, 1.165) is 38.6 Å². The largest absolute Gasteiger partial charge is 0.339 e. The molecule has 0 spiro atoms. The molecule has 1 aromatic carbocycles. The molecule has 1 aromatic rings. The monoisotopic (exact) mass is 326 g/mol. The van der Waals surface area contributed by atoms with Gasteiger partial charge in [0, 0.05) is 30.0 Å². The van der Waals surface area contributed by atoms with Gasteiger partial charge in [0.1, 0.15) is 0 Å². The van der Waals surface area contributed by atoms with E-state index in [2.05, 4.69) is 49.9 Å². The van der Waals surface area contributed by atoms with E-state index in [9.17, 15) is 4.79 Å². The summed E-state index contributed by atoms with van der Waals surface area (Å²) >= 11 is 0. The van der Waals surface area contributed by atoms with E-state index in [1.165, 1.54) is 11.1 Å². The molecule has 3 aliphatic rings. The molecule has 2 fully saturated rings. The number of likely N-dealkylation sites (tertiary alicyclic amines) is 1. The van der Waals surface area contributed by atoms with Gasteiger partial charge in [-0.2, -0.15) is 0 Å². The van der Waals surface area contributed by atoms with Gasteiger partial charge < -0.3 is 10.6 Å². The van der Waals surface area contributed by atoms with E-state index in [0.29, 0.717) is 11.9 Å². The molecule has 3 nitrogen and oxygen atoms in total. The Kier molecular flexibility index (Phi) is 3.58. The van der Waals surface area contributed by atoms with Crippen molar-refractivity contribution in [1.82, 2.24) is 4.90 Å². The number of carbonyl (C=O) groups is 1. The second-order valence-electron chi connectivity index (χ2n) is 8.98. The molecule has 1 aliphatic heterocycles. The lowest BCUT2D eigenvalue weighted by atomic mass is 9.51. The van der Waals surface area contributed by atoms with E-state index < -0.39 is 0 Å². The van der Waals surface area contributed by atoms with Crippen molar-refractivity contribution < 1.29 is 4.79 Å². The highest BCUT2D eigenvalue weighted by Gasteiger charge is 2.57. The Labute approximate surface area is 145 Å². The molecule has 1 unspecified atom stereocenters. The molecule has 4 atom stereocenters. The van der Waals surface area contributed by atoms with Crippen LogP contribution in [0.5, 0.6) is 0 Å². The Hall–Kier alpha value is -1.35. The molecule has 24 heavy (non-hydrogen) atoms. The maximum atomic E-state index is 13.2. The molecule has 0 aromatic heterocycles. The van der Waals surface area contributed by atoms with Crippen LogP contribution in [0.2, 0.25) is 0 Å². The number of fused-ring (bicyclic) bond motifs is 4. The minimum atomic E-state index is 0.0932. The Morgan fingerprint density at radius 3 is 2.67 bits per heavy atom. The summed E-state index contributed by atoms with van der Waals surface area (Å²) in [6, 6.07) is 9.39. The Morgan fingerprint density at radius 2 is 1.96 bits per heavy atom. The first kappa shape index (κ1) is 16.1. The van der Waals surface area contributed by atoms with Crippen molar-refractivity contribution in [2.24, 2.45) is 17.1 Å². The lowest BCUT2D eigenvalue weighted by Gasteiger charge is -2.61. The van der Waals surface area contributed by atoms with Crippen molar-refractivity contribution in [3.8, 4) is 0 Å². The minimum absolute atomic E-state index is 0.0932. The number of nitrogens with zero attached hydrogens (tertiary/aromatic N) is 1. The summed E-state index contributed by atoms with van der Waals surface area (Å²) in [5, 5.41) is 0. The highest BCUT2D eigenvalue weighted by atomic mass is 16.2. The second-order valence-corrected chi connectivity index (χ2v) is 8.98. The Balaban J connectivity index is 1.70. The van der Waals surface area contributed by atoms with Gasteiger partial charge in [-0.3, -0.25) is 4.79 Å². The van der Waals surface area contributed by atoms with Gasteiger partial charge in [0.2, 0.25) is 5.91 Å². The molecule has 2 aliphatic carbocycles. The third kappa shape index (κ3) is 2.10. The van der Waals surface area contributed by atoms with Gasteiger partial charge in [0.15, 0.2) is 0 Å². The van der Waals surface area contributed by atoms with Crippen LogP contribution in [-0.4, -0.2) is 29.4 Å². The molecule has 4 rings (SSSR count). The maximum absolute atomic E-state index is 13.2. The van der Waals surface area contributed by atoms with Gasteiger partial charge in [-0.25, -0.2) is 0 Å². The lowest BCUT2D eigenvalue weighted by molar-refractivity contribution is -0.148. The fourth-order valence-electron chi connectivity index (χ4n) is 5.61. The zero-order valence-corrected chi connectivity index (χ0v) is 15.2. The zero-order valence-electron chi connectivity index (χ0n) is 15.2. The van der Waals surface area contributed by atoms with E-state index in [1.807, 2.05) is 0 Å². The number of nitrogens with two attached hydrogens (primary N) is 1. The van der Waals surface area contributed by atoms with Gasteiger partial charge in [0.25, 0.3) is 0 Å². The highest BCUT2D eigenvalue weighted by Crippen LogP contribution is 2.56. The first-order valence-corrected chi connectivity index (χ1v) is 9.49. The molecule has 1 saturated heterocycles. The normalized spacial score (nSPS) is 37.2. The summed E-state index contributed by atoms with van der Waals surface area (Å²) in [6.45, 7) is 8.04. The summed E-state index contributed by atoms with van der Waals surface area (Å²) in [7, 11) is 0. The van der Waals surface area contributed by atoms with Gasteiger partial charge in [-0.15, -0.1) is 0 Å². The van der Waals surface area contributed by atoms with Crippen LogP contribution >= 0.6 is 0 Å². The first-order valence-electron chi connectivity index (χ1n) is 9.49. The van der Waals surface area contributed by atoms with Crippen molar-refractivity contribution in [3.63, 3.8) is 0 Å². The number of carbonyl (C=O) groups excluding carboxylic acids is 1. The smallest absolute Gasteiger partial charge is 0.226 e. The molecular weight excluding hydrogens is 296 g/mol. The van der Waals surface area contributed by atoms with Crippen LogP contribution in [0.3, 0.4) is 0 Å². The molecule has 1 saturated carbocycles. The summed E-state index contributed by atoms with van der Waals surface area (Å²) in [5.74, 6) is 0.514. The second kappa shape index (κ2) is 5.32. The molecule has 0 radical (unpaired) electrons. The third-order valence-electron chi connectivity index (χ3n) is 7.61. The van der Waals surface area contributed by atoms with Crippen LogP contribution < -0.4 is 5.73 Å². The number of amides is 1. The highest BCUT2D eigenvalue weighted by molar-refractivity contribution is 5.80. The molecule has 1 heterocycles. The van der Waals surface area contributed by atoms with Gasteiger partial charge >= 0.3 is 0 Å². The van der Waals surface area contributed by atoms with Crippen molar-refractivity contribution >= 4 is 5.91 Å². The van der Waals surface area contributed by atoms with E-state index in [1.54, 1.807) is 0 Å². The maximum Gasteiger partial charge on any atom is 0.226 e. The summed E-state index contributed by atoms with van der Waals surface area (Å²) in [6.07, 6.45) is 4.88. The topological polar surface area (TPSA) is 46.3 Å².